The molecule has 1 fully saturated rings. The summed E-state index contributed by atoms with van der Waals surface area (Å²) in [5.74, 6) is 0.609. The van der Waals surface area contributed by atoms with E-state index in [4.69, 9.17) is 16.3 Å². The maximum atomic E-state index is 12.6. The Morgan fingerprint density at radius 2 is 2.00 bits per heavy atom. The fourth-order valence-corrected chi connectivity index (χ4v) is 3.53. The molecule has 0 saturated carbocycles. The molecule has 1 saturated heterocycles. The van der Waals surface area contributed by atoms with Crippen molar-refractivity contribution in [3.8, 4) is 5.75 Å². The molecule has 1 unspecified atom stereocenters. The van der Waals surface area contributed by atoms with Crippen LogP contribution < -0.4 is 4.74 Å². The standard InChI is InChI=1S/C20H26ClN3O3/c1-14-9-16(10-15(2)18(14)21)27-12-20(26)5-4-7-24(8-6-20)19(25)17-11-23(3)13-22-17/h9-11,13,26H,4-8,12H2,1-3H3. The minimum absolute atomic E-state index is 0.0929. The highest BCUT2D eigenvalue weighted by Crippen LogP contribution is 2.28. The smallest absolute Gasteiger partial charge is 0.274 e. The highest BCUT2D eigenvalue weighted by molar-refractivity contribution is 6.32. The monoisotopic (exact) mass is 391 g/mol. The van der Waals surface area contributed by atoms with Crippen molar-refractivity contribution in [1.29, 1.82) is 0 Å². The van der Waals surface area contributed by atoms with E-state index in [2.05, 4.69) is 4.98 Å². The number of hydrogen-bond acceptors (Lipinski definition) is 4. The lowest BCUT2D eigenvalue weighted by Crippen LogP contribution is -2.38. The lowest BCUT2D eigenvalue weighted by Gasteiger charge is -2.27. The molecule has 1 atom stereocenters. The topological polar surface area (TPSA) is 67.6 Å². The molecule has 1 aromatic carbocycles. The first-order chi connectivity index (χ1) is 12.8. The van der Waals surface area contributed by atoms with Gasteiger partial charge < -0.3 is 19.3 Å². The Morgan fingerprint density at radius 3 is 2.63 bits per heavy atom. The van der Waals surface area contributed by atoms with E-state index >= 15 is 0 Å². The quantitative estimate of drug-likeness (QED) is 0.869. The zero-order chi connectivity index (χ0) is 19.6. The molecule has 1 aliphatic heterocycles. The molecule has 0 aliphatic carbocycles. The van der Waals surface area contributed by atoms with Gasteiger partial charge in [0.15, 0.2) is 0 Å². The lowest BCUT2D eigenvalue weighted by atomic mass is 9.96. The van der Waals surface area contributed by atoms with Crippen molar-refractivity contribution in [1.82, 2.24) is 14.5 Å². The number of imidazole rings is 1. The number of amides is 1. The summed E-state index contributed by atoms with van der Waals surface area (Å²) in [6.45, 7) is 5.15. The molecule has 1 aliphatic rings. The number of ether oxygens (including phenoxy) is 1. The Balaban J connectivity index is 1.61. The second-order valence-electron chi connectivity index (χ2n) is 7.45. The summed E-state index contributed by atoms with van der Waals surface area (Å²) in [5.41, 5.74) is 1.38. The van der Waals surface area contributed by atoms with E-state index in [9.17, 15) is 9.90 Å². The fourth-order valence-electron chi connectivity index (χ4n) is 3.42. The van der Waals surface area contributed by atoms with Gasteiger partial charge in [0.05, 0.1) is 6.33 Å². The van der Waals surface area contributed by atoms with Gasteiger partial charge in [-0.3, -0.25) is 4.79 Å². The molecule has 2 heterocycles. The summed E-state index contributed by atoms with van der Waals surface area (Å²) in [5, 5.41) is 11.7. The van der Waals surface area contributed by atoms with E-state index in [1.54, 1.807) is 22.0 Å². The normalized spacial score (nSPS) is 20.4. The van der Waals surface area contributed by atoms with E-state index in [1.807, 2.05) is 33.0 Å². The zero-order valence-corrected chi connectivity index (χ0v) is 16.8. The number of benzene rings is 1. The summed E-state index contributed by atoms with van der Waals surface area (Å²) in [7, 11) is 1.84. The zero-order valence-electron chi connectivity index (χ0n) is 16.0. The second-order valence-corrected chi connectivity index (χ2v) is 7.83. The molecular formula is C20H26ClN3O3. The van der Waals surface area contributed by atoms with Gasteiger partial charge in [-0.2, -0.15) is 0 Å². The van der Waals surface area contributed by atoms with Crippen LogP contribution in [0.25, 0.3) is 0 Å². The average molecular weight is 392 g/mol. The maximum Gasteiger partial charge on any atom is 0.274 e. The number of aromatic nitrogens is 2. The van der Waals surface area contributed by atoms with Crippen LogP contribution >= 0.6 is 11.6 Å². The second kappa shape index (κ2) is 7.90. The Morgan fingerprint density at radius 1 is 1.30 bits per heavy atom. The SMILES string of the molecule is Cc1cc(OCC2(O)CCCN(C(=O)c3cn(C)cn3)CC2)cc(C)c1Cl. The Bertz CT molecular complexity index is 813. The number of carbonyl (C=O) groups is 1. The minimum Gasteiger partial charge on any atom is -0.491 e. The summed E-state index contributed by atoms with van der Waals surface area (Å²) < 4.78 is 7.63. The molecule has 2 aromatic rings. The van der Waals surface area contributed by atoms with Crippen LogP contribution in [0, 0.1) is 13.8 Å². The first-order valence-corrected chi connectivity index (χ1v) is 9.54. The summed E-state index contributed by atoms with van der Waals surface area (Å²) in [4.78, 5) is 18.5. The molecule has 0 bridgehead atoms. The first-order valence-electron chi connectivity index (χ1n) is 9.17. The molecule has 3 rings (SSSR count). The summed E-state index contributed by atoms with van der Waals surface area (Å²) >= 11 is 6.20. The van der Waals surface area contributed by atoms with E-state index < -0.39 is 5.60 Å². The highest BCUT2D eigenvalue weighted by atomic mass is 35.5. The summed E-state index contributed by atoms with van der Waals surface area (Å²) in [6, 6.07) is 3.76. The van der Waals surface area contributed by atoms with Crippen LogP contribution in [0.2, 0.25) is 5.02 Å². The molecule has 1 N–H and O–H groups in total. The van der Waals surface area contributed by atoms with Gasteiger partial charge in [-0.1, -0.05) is 11.6 Å². The van der Waals surface area contributed by atoms with Crippen LogP contribution in [0.4, 0.5) is 0 Å². The van der Waals surface area contributed by atoms with Crippen molar-refractivity contribution < 1.29 is 14.6 Å². The number of rotatable bonds is 4. The van der Waals surface area contributed by atoms with Crippen LogP contribution in [0.3, 0.4) is 0 Å². The first kappa shape index (κ1) is 19.7. The third-order valence-corrected chi connectivity index (χ3v) is 5.64. The lowest BCUT2D eigenvalue weighted by molar-refractivity contribution is -0.0163. The molecular weight excluding hydrogens is 366 g/mol. The van der Waals surface area contributed by atoms with Crippen molar-refractivity contribution in [3.05, 3.63) is 46.5 Å². The molecule has 6 nitrogen and oxygen atoms in total. The third-order valence-electron chi connectivity index (χ3n) is 5.05. The Kier molecular flexibility index (Phi) is 5.77. The van der Waals surface area contributed by atoms with Gasteiger partial charge in [-0.05, 0) is 56.4 Å². The van der Waals surface area contributed by atoms with E-state index in [-0.39, 0.29) is 12.5 Å². The number of likely N-dealkylation sites (tertiary alicyclic amines) is 1. The fraction of sp³-hybridized carbons (Fsp3) is 0.500. The number of nitrogens with zero attached hydrogens (tertiary/aromatic N) is 3. The van der Waals surface area contributed by atoms with Gasteiger partial charge in [0.1, 0.15) is 23.7 Å². The third kappa shape index (κ3) is 4.62. The predicted octanol–water partition coefficient (Wildman–Crippen LogP) is 3.13. The van der Waals surface area contributed by atoms with Crippen LogP contribution in [-0.2, 0) is 7.05 Å². The Hall–Kier alpha value is -2.05. The minimum atomic E-state index is -0.958. The summed E-state index contributed by atoms with van der Waals surface area (Å²) in [6.07, 6.45) is 5.11. The van der Waals surface area contributed by atoms with Gasteiger partial charge in [0.25, 0.3) is 5.91 Å². The van der Waals surface area contributed by atoms with E-state index in [0.717, 1.165) is 22.6 Å². The van der Waals surface area contributed by atoms with Gasteiger partial charge in [0, 0.05) is 31.4 Å². The van der Waals surface area contributed by atoms with Crippen LogP contribution in [0.1, 0.15) is 40.9 Å². The van der Waals surface area contributed by atoms with Crippen LogP contribution in [0.5, 0.6) is 5.75 Å². The van der Waals surface area contributed by atoms with Crippen LogP contribution in [-0.4, -0.2) is 50.8 Å². The highest BCUT2D eigenvalue weighted by Gasteiger charge is 2.33. The number of carbonyl (C=O) groups excluding carboxylic acids is 1. The molecule has 1 aromatic heterocycles. The van der Waals surface area contributed by atoms with Crippen molar-refractivity contribution >= 4 is 17.5 Å². The molecule has 0 radical (unpaired) electrons. The van der Waals surface area contributed by atoms with Gasteiger partial charge in [-0.15, -0.1) is 0 Å². The number of aliphatic hydroxyl groups is 1. The van der Waals surface area contributed by atoms with Gasteiger partial charge in [-0.25, -0.2) is 4.98 Å². The maximum absolute atomic E-state index is 12.6. The van der Waals surface area contributed by atoms with Gasteiger partial charge >= 0.3 is 0 Å². The number of hydrogen-bond donors (Lipinski definition) is 1. The molecule has 0 spiro atoms. The number of aryl methyl sites for hydroxylation is 3. The molecule has 27 heavy (non-hydrogen) atoms. The predicted molar refractivity (Wildman–Crippen MR) is 104 cm³/mol. The van der Waals surface area contributed by atoms with Gasteiger partial charge in [0.2, 0.25) is 0 Å². The molecule has 146 valence electrons. The molecule has 1 amide bonds. The largest absolute Gasteiger partial charge is 0.491 e. The van der Waals surface area contributed by atoms with Crippen molar-refractivity contribution in [2.75, 3.05) is 19.7 Å². The van der Waals surface area contributed by atoms with Crippen LogP contribution in [0.15, 0.2) is 24.7 Å². The van der Waals surface area contributed by atoms with Crippen molar-refractivity contribution in [3.63, 3.8) is 0 Å². The van der Waals surface area contributed by atoms with E-state index in [0.29, 0.717) is 37.4 Å². The van der Waals surface area contributed by atoms with E-state index in [1.165, 1.54) is 0 Å². The van der Waals surface area contributed by atoms with Crippen molar-refractivity contribution in [2.24, 2.45) is 7.05 Å². The average Bonchev–Trinajstić information content (AvgIpc) is 2.96. The number of halogens is 1. The Labute approximate surface area is 164 Å². The van der Waals surface area contributed by atoms with Crippen molar-refractivity contribution in [2.45, 2.75) is 38.7 Å². The molecule has 7 heteroatoms.